The Labute approximate surface area is 120 Å². The molecule has 2 rings (SSSR count). The number of rotatable bonds is 3. The molecular weight excluding hydrogens is 284 g/mol. The van der Waals surface area contributed by atoms with Crippen LogP contribution in [0.4, 0.5) is 5.69 Å². The Morgan fingerprint density at radius 3 is 2.85 bits per heavy atom. The lowest BCUT2D eigenvalue weighted by Crippen LogP contribution is -2.49. The van der Waals surface area contributed by atoms with E-state index in [4.69, 9.17) is 17.3 Å². The first-order valence-corrected chi connectivity index (χ1v) is 6.73. The van der Waals surface area contributed by atoms with Crippen LogP contribution in [0.3, 0.4) is 0 Å². The smallest absolute Gasteiger partial charge is 0.288 e. The molecule has 8 heteroatoms. The Balaban J connectivity index is 2.16. The van der Waals surface area contributed by atoms with E-state index >= 15 is 0 Å². The van der Waals surface area contributed by atoms with Crippen LogP contribution in [0.2, 0.25) is 5.15 Å². The molecule has 1 fully saturated rings. The molecule has 1 aromatic rings. The van der Waals surface area contributed by atoms with Gasteiger partial charge in [0.1, 0.15) is 11.3 Å². The number of pyridine rings is 1. The predicted molar refractivity (Wildman–Crippen MR) is 73.6 cm³/mol. The maximum absolute atomic E-state index is 12.1. The highest BCUT2D eigenvalue weighted by atomic mass is 35.5. The van der Waals surface area contributed by atoms with Crippen LogP contribution in [0.5, 0.6) is 0 Å². The van der Waals surface area contributed by atoms with Crippen LogP contribution in [-0.2, 0) is 0 Å². The Hall–Kier alpha value is -1.73. The average Bonchev–Trinajstić information content (AvgIpc) is 2.41. The molecule has 0 aliphatic heterocycles. The second kappa shape index (κ2) is 6.15. The van der Waals surface area contributed by atoms with Gasteiger partial charge >= 0.3 is 0 Å². The van der Waals surface area contributed by atoms with E-state index in [1.807, 2.05) is 0 Å². The summed E-state index contributed by atoms with van der Waals surface area (Å²) in [4.78, 5) is 25.9. The first-order chi connectivity index (χ1) is 9.49. The van der Waals surface area contributed by atoms with Crippen LogP contribution in [0, 0.1) is 10.1 Å². The van der Waals surface area contributed by atoms with Gasteiger partial charge in [0.25, 0.3) is 11.6 Å². The van der Waals surface area contributed by atoms with Gasteiger partial charge in [-0.15, -0.1) is 0 Å². The molecule has 1 aliphatic carbocycles. The second-order valence-corrected chi connectivity index (χ2v) is 5.18. The van der Waals surface area contributed by atoms with Gasteiger partial charge < -0.3 is 11.1 Å². The van der Waals surface area contributed by atoms with Crippen LogP contribution in [0.15, 0.2) is 12.3 Å². The van der Waals surface area contributed by atoms with Crippen molar-refractivity contribution >= 4 is 23.2 Å². The molecule has 0 bridgehead atoms. The van der Waals surface area contributed by atoms with E-state index in [1.165, 1.54) is 0 Å². The number of carbonyl (C=O) groups excluding carboxylic acids is 1. The zero-order valence-corrected chi connectivity index (χ0v) is 11.5. The fourth-order valence-corrected chi connectivity index (χ4v) is 2.47. The second-order valence-electron chi connectivity index (χ2n) is 4.82. The molecule has 108 valence electrons. The van der Waals surface area contributed by atoms with Crippen LogP contribution in [-0.4, -0.2) is 27.9 Å². The summed E-state index contributed by atoms with van der Waals surface area (Å²) >= 11 is 5.82. The summed E-state index contributed by atoms with van der Waals surface area (Å²) < 4.78 is 0. The molecule has 1 aromatic heterocycles. The van der Waals surface area contributed by atoms with E-state index < -0.39 is 10.8 Å². The molecule has 7 nitrogen and oxygen atoms in total. The summed E-state index contributed by atoms with van der Waals surface area (Å²) in [7, 11) is 0. The maximum Gasteiger partial charge on any atom is 0.288 e. The number of nitrogens with one attached hydrogen (secondary N) is 1. The van der Waals surface area contributed by atoms with Gasteiger partial charge in [-0.25, -0.2) is 4.98 Å². The summed E-state index contributed by atoms with van der Waals surface area (Å²) in [6.45, 7) is 0. The van der Waals surface area contributed by atoms with Gasteiger partial charge in [0.05, 0.1) is 10.5 Å². The summed E-state index contributed by atoms with van der Waals surface area (Å²) in [6, 6.07) is 0.892. The lowest BCUT2D eigenvalue weighted by Gasteiger charge is -2.29. The highest BCUT2D eigenvalue weighted by molar-refractivity contribution is 6.32. The van der Waals surface area contributed by atoms with E-state index in [0.29, 0.717) is 0 Å². The number of amides is 1. The molecular formula is C12H15ClN4O3. The predicted octanol–water partition coefficient (Wildman–Crippen LogP) is 1.64. The number of aromatic nitrogens is 1. The molecule has 3 N–H and O–H groups in total. The summed E-state index contributed by atoms with van der Waals surface area (Å²) in [5.74, 6) is -0.478. The van der Waals surface area contributed by atoms with Crippen molar-refractivity contribution in [1.82, 2.24) is 10.3 Å². The lowest BCUT2D eigenvalue weighted by atomic mass is 9.91. The summed E-state index contributed by atoms with van der Waals surface area (Å²) in [5.41, 5.74) is 5.68. The van der Waals surface area contributed by atoms with Crippen LogP contribution in [0.25, 0.3) is 0 Å². The minimum atomic E-state index is -0.619. The third kappa shape index (κ3) is 3.23. The van der Waals surface area contributed by atoms with Crippen molar-refractivity contribution in [2.24, 2.45) is 5.73 Å². The SMILES string of the molecule is NC1CCCCC1NC(=O)c1cc([N+](=O)[O-])cnc1Cl. The monoisotopic (exact) mass is 298 g/mol. The molecule has 1 amide bonds. The van der Waals surface area contributed by atoms with Gasteiger partial charge in [0, 0.05) is 18.2 Å². The summed E-state index contributed by atoms with van der Waals surface area (Å²) in [5, 5.41) is 13.4. The van der Waals surface area contributed by atoms with E-state index in [-0.39, 0.29) is 28.5 Å². The van der Waals surface area contributed by atoms with Gasteiger partial charge in [-0.3, -0.25) is 14.9 Å². The first-order valence-electron chi connectivity index (χ1n) is 6.35. The zero-order valence-electron chi connectivity index (χ0n) is 10.7. The molecule has 0 saturated heterocycles. The average molecular weight is 299 g/mol. The zero-order chi connectivity index (χ0) is 14.7. The Morgan fingerprint density at radius 1 is 1.50 bits per heavy atom. The number of carbonyl (C=O) groups is 1. The van der Waals surface area contributed by atoms with Crippen molar-refractivity contribution in [3.05, 3.63) is 33.1 Å². The third-order valence-electron chi connectivity index (χ3n) is 3.42. The maximum atomic E-state index is 12.1. The minimum absolute atomic E-state index is 0.00126. The van der Waals surface area contributed by atoms with E-state index in [1.54, 1.807) is 0 Å². The van der Waals surface area contributed by atoms with Crippen LogP contribution < -0.4 is 11.1 Å². The minimum Gasteiger partial charge on any atom is -0.348 e. The lowest BCUT2D eigenvalue weighted by molar-refractivity contribution is -0.385. The van der Waals surface area contributed by atoms with Crippen molar-refractivity contribution in [3.8, 4) is 0 Å². The molecule has 1 heterocycles. The summed E-state index contributed by atoms with van der Waals surface area (Å²) in [6.07, 6.45) is 4.72. The molecule has 0 aromatic carbocycles. The fraction of sp³-hybridized carbons (Fsp3) is 0.500. The van der Waals surface area contributed by atoms with Crippen molar-refractivity contribution in [1.29, 1.82) is 0 Å². The number of nitrogens with zero attached hydrogens (tertiary/aromatic N) is 2. The van der Waals surface area contributed by atoms with Crippen molar-refractivity contribution < 1.29 is 9.72 Å². The number of hydrogen-bond acceptors (Lipinski definition) is 5. The largest absolute Gasteiger partial charge is 0.348 e. The Bertz CT molecular complexity index is 537. The molecule has 20 heavy (non-hydrogen) atoms. The molecule has 0 spiro atoms. The fourth-order valence-electron chi connectivity index (χ4n) is 2.28. The van der Waals surface area contributed by atoms with Gasteiger partial charge in [-0.2, -0.15) is 0 Å². The van der Waals surface area contributed by atoms with Gasteiger partial charge in [0.15, 0.2) is 0 Å². The van der Waals surface area contributed by atoms with Crippen LogP contribution >= 0.6 is 11.6 Å². The third-order valence-corrected chi connectivity index (χ3v) is 3.72. The first kappa shape index (κ1) is 14.7. The van der Waals surface area contributed by atoms with E-state index in [9.17, 15) is 14.9 Å². The molecule has 0 radical (unpaired) electrons. The van der Waals surface area contributed by atoms with Gasteiger partial charge in [0.2, 0.25) is 0 Å². The number of nitrogens with two attached hydrogens (primary N) is 1. The Morgan fingerprint density at radius 2 is 2.20 bits per heavy atom. The van der Waals surface area contributed by atoms with E-state index in [2.05, 4.69) is 10.3 Å². The Kier molecular flexibility index (Phi) is 4.51. The number of hydrogen-bond donors (Lipinski definition) is 2. The van der Waals surface area contributed by atoms with Gasteiger partial charge in [-0.1, -0.05) is 24.4 Å². The molecule has 1 saturated carbocycles. The molecule has 1 aliphatic rings. The van der Waals surface area contributed by atoms with Gasteiger partial charge in [-0.05, 0) is 12.8 Å². The highest BCUT2D eigenvalue weighted by Crippen LogP contribution is 2.21. The quantitative estimate of drug-likeness (QED) is 0.500. The molecule has 2 atom stereocenters. The van der Waals surface area contributed by atoms with Crippen LogP contribution in [0.1, 0.15) is 36.0 Å². The van der Waals surface area contributed by atoms with Crippen molar-refractivity contribution in [3.63, 3.8) is 0 Å². The van der Waals surface area contributed by atoms with E-state index in [0.717, 1.165) is 37.9 Å². The van der Waals surface area contributed by atoms with Crippen molar-refractivity contribution in [2.75, 3.05) is 0 Å². The highest BCUT2D eigenvalue weighted by Gasteiger charge is 2.25. The van der Waals surface area contributed by atoms with Crippen molar-refractivity contribution in [2.45, 2.75) is 37.8 Å². The molecule has 2 unspecified atom stereocenters. The topological polar surface area (TPSA) is 111 Å². The standard InChI is InChI=1S/C12H15ClN4O3/c13-11-8(5-7(6-15-11)17(19)20)12(18)16-10-4-2-1-3-9(10)14/h5-6,9-10H,1-4,14H2,(H,16,18). The normalized spacial score (nSPS) is 22.3. The number of nitro groups is 1. The number of halogens is 1.